The van der Waals surface area contributed by atoms with Crippen molar-refractivity contribution in [2.75, 3.05) is 17.7 Å². The van der Waals surface area contributed by atoms with E-state index in [0.29, 0.717) is 22.8 Å². The Morgan fingerprint density at radius 3 is 2.46 bits per heavy atom. The zero-order valence-corrected chi connectivity index (χ0v) is 15.9. The highest BCUT2D eigenvalue weighted by Gasteiger charge is 2.18. The molecule has 0 spiro atoms. The van der Waals surface area contributed by atoms with Gasteiger partial charge in [0.15, 0.2) is 5.69 Å². The Labute approximate surface area is 162 Å². The number of aryl methyl sites for hydroxylation is 1. The number of carbonyl (C=O) groups is 2. The summed E-state index contributed by atoms with van der Waals surface area (Å²) in [6.45, 7) is 3.61. The number of methoxy groups -OCH3 is 1. The summed E-state index contributed by atoms with van der Waals surface area (Å²) in [6, 6.07) is 14.5. The van der Waals surface area contributed by atoms with Crippen molar-refractivity contribution < 1.29 is 14.3 Å². The molecule has 0 aliphatic carbocycles. The van der Waals surface area contributed by atoms with Crippen molar-refractivity contribution in [3.05, 3.63) is 65.5 Å². The van der Waals surface area contributed by atoms with Crippen LogP contribution >= 0.6 is 0 Å². The number of nitrogens with one attached hydrogen (secondary N) is 2. The molecule has 0 bridgehead atoms. The molecule has 28 heavy (non-hydrogen) atoms. The van der Waals surface area contributed by atoms with Crippen LogP contribution < -0.4 is 15.4 Å². The largest absolute Gasteiger partial charge is 0.497 e. The predicted molar refractivity (Wildman–Crippen MR) is 106 cm³/mol. The lowest BCUT2D eigenvalue weighted by atomic mass is 10.2. The van der Waals surface area contributed by atoms with Crippen LogP contribution in [0.1, 0.15) is 21.7 Å². The van der Waals surface area contributed by atoms with E-state index < -0.39 is 5.91 Å². The average Bonchev–Trinajstić information content (AvgIpc) is 3.02. The zero-order chi connectivity index (χ0) is 20.1. The van der Waals surface area contributed by atoms with Crippen molar-refractivity contribution in [1.82, 2.24) is 15.0 Å². The summed E-state index contributed by atoms with van der Waals surface area (Å²) in [7, 11) is 1.57. The minimum absolute atomic E-state index is 0.0391. The molecular formula is C20H21N5O3. The summed E-state index contributed by atoms with van der Waals surface area (Å²) in [5.41, 5.74) is 3.04. The van der Waals surface area contributed by atoms with Crippen LogP contribution in [0.4, 0.5) is 11.4 Å². The first kappa shape index (κ1) is 19.1. The van der Waals surface area contributed by atoms with Gasteiger partial charge >= 0.3 is 0 Å². The third-order valence-electron chi connectivity index (χ3n) is 4.14. The standard InChI is InChI=1S/C20H21N5O3/c1-13-5-4-6-16(11-13)21-18(26)12-25-14(2)19(23-24-25)20(27)22-15-7-9-17(28-3)10-8-15/h4-11H,12H2,1-3H3,(H,21,26)(H,22,27). The molecule has 8 heteroatoms. The molecule has 0 saturated carbocycles. The molecule has 0 aliphatic heterocycles. The number of hydrogen-bond acceptors (Lipinski definition) is 5. The van der Waals surface area contributed by atoms with Crippen molar-refractivity contribution >= 4 is 23.2 Å². The van der Waals surface area contributed by atoms with E-state index in [-0.39, 0.29) is 18.1 Å². The molecular weight excluding hydrogens is 358 g/mol. The molecule has 2 amide bonds. The SMILES string of the molecule is COc1ccc(NC(=O)c2nnn(CC(=O)Nc3cccc(C)c3)c2C)cc1. The maximum Gasteiger partial charge on any atom is 0.278 e. The van der Waals surface area contributed by atoms with Gasteiger partial charge in [-0.1, -0.05) is 17.3 Å². The fourth-order valence-electron chi connectivity index (χ4n) is 2.64. The van der Waals surface area contributed by atoms with Gasteiger partial charge in [-0.05, 0) is 55.8 Å². The van der Waals surface area contributed by atoms with E-state index in [1.807, 2.05) is 31.2 Å². The van der Waals surface area contributed by atoms with E-state index in [0.717, 1.165) is 5.56 Å². The monoisotopic (exact) mass is 379 g/mol. The van der Waals surface area contributed by atoms with E-state index in [4.69, 9.17) is 4.74 Å². The third kappa shape index (κ3) is 4.53. The van der Waals surface area contributed by atoms with Gasteiger partial charge in [-0.25, -0.2) is 4.68 Å². The van der Waals surface area contributed by atoms with Gasteiger partial charge in [0.05, 0.1) is 12.8 Å². The molecule has 0 saturated heterocycles. The number of ether oxygens (including phenoxy) is 1. The topological polar surface area (TPSA) is 98.1 Å². The Morgan fingerprint density at radius 1 is 1.04 bits per heavy atom. The number of aromatic nitrogens is 3. The molecule has 3 aromatic rings. The fraction of sp³-hybridized carbons (Fsp3) is 0.200. The van der Waals surface area contributed by atoms with Gasteiger partial charge in [0.25, 0.3) is 5.91 Å². The summed E-state index contributed by atoms with van der Waals surface area (Å²) >= 11 is 0. The molecule has 0 unspecified atom stereocenters. The Bertz CT molecular complexity index is 995. The second-order valence-electron chi connectivity index (χ2n) is 6.28. The van der Waals surface area contributed by atoms with E-state index in [1.54, 1.807) is 38.3 Å². The molecule has 2 N–H and O–H groups in total. The van der Waals surface area contributed by atoms with E-state index in [9.17, 15) is 9.59 Å². The van der Waals surface area contributed by atoms with Crippen LogP contribution in [0.3, 0.4) is 0 Å². The number of benzene rings is 2. The van der Waals surface area contributed by atoms with E-state index >= 15 is 0 Å². The van der Waals surface area contributed by atoms with Gasteiger partial charge in [0, 0.05) is 11.4 Å². The summed E-state index contributed by atoms with van der Waals surface area (Å²) in [5.74, 6) is 0.0495. The lowest BCUT2D eigenvalue weighted by Gasteiger charge is -2.07. The van der Waals surface area contributed by atoms with Gasteiger partial charge in [-0.3, -0.25) is 9.59 Å². The number of anilines is 2. The van der Waals surface area contributed by atoms with Gasteiger partial charge in [0.1, 0.15) is 12.3 Å². The maximum absolute atomic E-state index is 12.5. The summed E-state index contributed by atoms with van der Waals surface area (Å²) in [4.78, 5) is 24.7. The van der Waals surface area contributed by atoms with Gasteiger partial charge in [-0.15, -0.1) is 5.10 Å². The molecule has 1 aromatic heterocycles. The van der Waals surface area contributed by atoms with Crippen LogP contribution in [0.15, 0.2) is 48.5 Å². The highest BCUT2D eigenvalue weighted by atomic mass is 16.5. The number of rotatable bonds is 6. The Balaban J connectivity index is 1.65. The van der Waals surface area contributed by atoms with Crippen LogP contribution in [-0.4, -0.2) is 33.9 Å². The molecule has 1 heterocycles. The molecule has 0 radical (unpaired) electrons. The van der Waals surface area contributed by atoms with Crippen LogP contribution in [0, 0.1) is 13.8 Å². The molecule has 2 aromatic carbocycles. The summed E-state index contributed by atoms with van der Waals surface area (Å²) < 4.78 is 6.49. The van der Waals surface area contributed by atoms with Gasteiger partial charge < -0.3 is 15.4 Å². The van der Waals surface area contributed by atoms with E-state index in [2.05, 4.69) is 20.9 Å². The Hall–Kier alpha value is -3.68. The Morgan fingerprint density at radius 2 is 1.79 bits per heavy atom. The van der Waals surface area contributed by atoms with Gasteiger partial charge in [0.2, 0.25) is 5.91 Å². The third-order valence-corrected chi connectivity index (χ3v) is 4.14. The molecule has 3 rings (SSSR count). The smallest absolute Gasteiger partial charge is 0.278 e. The minimum Gasteiger partial charge on any atom is -0.497 e. The van der Waals surface area contributed by atoms with E-state index in [1.165, 1.54) is 4.68 Å². The van der Waals surface area contributed by atoms with Crippen LogP contribution in [0.5, 0.6) is 5.75 Å². The first-order valence-corrected chi connectivity index (χ1v) is 8.68. The van der Waals surface area contributed by atoms with Gasteiger partial charge in [-0.2, -0.15) is 0 Å². The highest BCUT2D eigenvalue weighted by Crippen LogP contribution is 2.16. The molecule has 0 atom stereocenters. The second kappa shape index (κ2) is 8.34. The zero-order valence-electron chi connectivity index (χ0n) is 15.9. The predicted octanol–water partition coefficient (Wildman–Crippen LogP) is 2.79. The second-order valence-corrected chi connectivity index (χ2v) is 6.28. The lowest BCUT2D eigenvalue weighted by molar-refractivity contribution is -0.117. The van der Waals surface area contributed by atoms with Crippen LogP contribution in [-0.2, 0) is 11.3 Å². The molecule has 144 valence electrons. The normalized spacial score (nSPS) is 10.4. The van der Waals surface area contributed by atoms with Crippen molar-refractivity contribution in [3.63, 3.8) is 0 Å². The maximum atomic E-state index is 12.5. The number of carbonyl (C=O) groups excluding carboxylic acids is 2. The van der Waals surface area contributed by atoms with Crippen LogP contribution in [0.2, 0.25) is 0 Å². The first-order chi connectivity index (χ1) is 13.5. The molecule has 0 fully saturated rings. The number of nitrogens with zero attached hydrogens (tertiary/aromatic N) is 3. The first-order valence-electron chi connectivity index (χ1n) is 8.68. The highest BCUT2D eigenvalue weighted by molar-refractivity contribution is 6.03. The van der Waals surface area contributed by atoms with Crippen molar-refractivity contribution in [1.29, 1.82) is 0 Å². The summed E-state index contributed by atoms with van der Waals surface area (Å²) in [5, 5.41) is 13.4. The van der Waals surface area contributed by atoms with Crippen molar-refractivity contribution in [3.8, 4) is 5.75 Å². The molecule has 8 nitrogen and oxygen atoms in total. The van der Waals surface area contributed by atoms with Crippen molar-refractivity contribution in [2.45, 2.75) is 20.4 Å². The van der Waals surface area contributed by atoms with Crippen LogP contribution in [0.25, 0.3) is 0 Å². The number of amides is 2. The fourth-order valence-corrected chi connectivity index (χ4v) is 2.64. The summed E-state index contributed by atoms with van der Waals surface area (Å²) in [6.07, 6.45) is 0. The molecule has 0 aliphatic rings. The average molecular weight is 379 g/mol. The Kier molecular flexibility index (Phi) is 5.69. The number of hydrogen-bond donors (Lipinski definition) is 2. The minimum atomic E-state index is -0.395. The quantitative estimate of drug-likeness (QED) is 0.686. The van der Waals surface area contributed by atoms with Crippen molar-refractivity contribution in [2.24, 2.45) is 0 Å². The lowest BCUT2D eigenvalue weighted by Crippen LogP contribution is -2.21.